The maximum absolute atomic E-state index is 3.93. The van der Waals surface area contributed by atoms with Gasteiger partial charge in [-0.1, -0.05) is 103 Å². The molecule has 52 heavy (non-hydrogen) atoms. The Morgan fingerprint density at radius 1 is 0.538 bits per heavy atom. The van der Waals surface area contributed by atoms with Gasteiger partial charge in [-0.15, -0.1) is 24.5 Å². The van der Waals surface area contributed by atoms with Crippen molar-refractivity contribution >= 4 is 48.6 Å². The summed E-state index contributed by atoms with van der Waals surface area (Å²) < 4.78 is 2.68. The van der Waals surface area contributed by atoms with E-state index in [2.05, 4.69) is 159 Å². The van der Waals surface area contributed by atoms with Gasteiger partial charge in [0.15, 0.2) is 0 Å². The zero-order chi connectivity index (χ0) is 35.9. The molecule has 0 spiro atoms. The summed E-state index contributed by atoms with van der Waals surface area (Å²) in [6, 6.07) is 47.6. The van der Waals surface area contributed by atoms with Gasteiger partial charge in [0, 0.05) is 37.2 Å². The Kier molecular flexibility index (Phi) is 11.1. The molecular formula is C50H49NS. The van der Waals surface area contributed by atoms with E-state index in [0.717, 1.165) is 42.7 Å². The van der Waals surface area contributed by atoms with E-state index in [1.54, 1.807) is 0 Å². The van der Waals surface area contributed by atoms with E-state index < -0.39 is 0 Å². The molecule has 0 saturated heterocycles. The number of benzene rings is 6. The number of unbranched alkanes of at least 4 members (excludes halogenated alkanes) is 4. The Labute approximate surface area is 314 Å². The van der Waals surface area contributed by atoms with Gasteiger partial charge in [0.25, 0.3) is 0 Å². The van der Waals surface area contributed by atoms with E-state index in [0.29, 0.717) is 0 Å². The van der Waals surface area contributed by atoms with Crippen molar-refractivity contribution < 1.29 is 0 Å². The van der Waals surface area contributed by atoms with Crippen LogP contribution in [0.5, 0.6) is 0 Å². The smallest absolute Gasteiger partial charge is 0.0462 e. The van der Waals surface area contributed by atoms with Crippen molar-refractivity contribution in [1.82, 2.24) is 0 Å². The van der Waals surface area contributed by atoms with Gasteiger partial charge in [-0.25, -0.2) is 0 Å². The van der Waals surface area contributed by atoms with Crippen LogP contribution in [0.2, 0.25) is 0 Å². The minimum Gasteiger partial charge on any atom is -0.311 e. The number of thiophene rings is 1. The molecule has 0 radical (unpaired) electrons. The van der Waals surface area contributed by atoms with Crippen LogP contribution in [0, 0.1) is 13.8 Å². The molecule has 0 aliphatic heterocycles. The molecule has 7 rings (SSSR count). The third-order valence-corrected chi connectivity index (χ3v) is 11.6. The molecule has 0 amide bonds. The number of allylic oxidation sites excluding steroid dienone is 2. The maximum Gasteiger partial charge on any atom is 0.0462 e. The van der Waals surface area contributed by atoms with Crippen LogP contribution in [0.4, 0.5) is 17.1 Å². The van der Waals surface area contributed by atoms with Gasteiger partial charge in [-0.05, 0) is 147 Å². The van der Waals surface area contributed by atoms with Crippen LogP contribution in [0.3, 0.4) is 0 Å². The molecule has 0 unspecified atom stereocenters. The quantitative estimate of drug-likeness (QED) is 0.0762. The molecule has 0 bridgehead atoms. The van der Waals surface area contributed by atoms with Crippen molar-refractivity contribution in [2.45, 2.75) is 65.2 Å². The maximum atomic E-state index is 3.93. The summed E-state index contributed by atoms with van der Waals surface area (Å²) in [6.07, 6.45) is 13.1. The molecular weight excluding hydrogens is 647 g/mol. The Balaban J connectivity index is 1.23. The summed E-state index contributed by atoms with van der Waals surface area (Å²) in [7, 11) is 0. The molecule has 0 aliphatic carbocycles. The van der Waals surface area contributed by atoms with Gasteiger partial charge < -0.3 is 4.90 Å². The summed E-state index contributed by atoms with van der Waals surface area (Å²) in [5.74, 6) is 0. The van der Waals surface area contributed by atoms with Crippen molar-refractivity contribution in [2.24, 2.45) is 0 Å². The number of anilines is 3. The first-order valence-corrected chi connectivity index (χ1v) is 19.7. The second-order valence-electron chi connectivity index (χ2n) is 14.0. The summed E-state index contributed by atoms with van der Waals surface area (Å²) >= 11 is 1.88. The van der Waals surface area contributed by atoms with Crippen molar-refractivity contribution in [3.8, 4) is 22.3 Å². The zero-order valence-corrected chi connectivity index (χ0v) is 31.5. The fourth-order valence-electron chi connectivity index (χ4n) is 7.46. The van der Waals surface area contributed by atoms with Gasteiger partial charge in [-0.3, -0.25) is 0 Å². The van der Waals surface area contributed by atoms with Crippen LogP contribution >= 0.6 is 11.3 Å². The van der Waals surface area contributed by atoms with Crippen molar-refractivity contribution in [2.75, 3.05) is 4.90 Å². The zero-order valence-electron chi connectivity index (χ0n) is 30.7. The van der Waals surface area contributed by atoms with Gasteiger partial charge in [0.05, 0.1) is 0 Å². The standard InChI is InChI=1S/C50H49NS/c1-5-7-9-11-16-40-35-48(41(34-37(40)4)17-12-10-8-6-2)39-26-32-44(33-27-39)51(42-28-22-36(3)23-29-42)43-30-24-38(25-31-43)45-19-15-20-47-46-18-13-14-21-49(46)52-50(45)47/h5-6,13-15,18-35H,1-2,7-12,16-17H2,3-4H3. The number of aryl methyl sites for hydroxylation is 4. The highest BCUT2D eigenvalue weighted by molar-refractivity contribution is 7.26. The Hall–Kier alpha value is -5.18. The number of fused-ring (bicyclic) bond motifs is 3. The molecule has 7 aromatic rings. The third kappa shape index (κ3) is 7.69. The van der Waals surface area contributed by atoms with Crippen LogP contribution in [-0.2, 0) is 12.8 Å². The summed E-state index contributed by atoms with van der Waals surface area (Å²) in [5.41, 5.74) is 14.2. The first-order valence-electron chi connectivity index (χ1n) is 18.9. The fraction of sp³-hybridized carbons (Fsp3) is 0.200. The molecule has 260 valence electrons. The number of nitrogens with zero attached hydrogens (tertiary/aromatic N) is 1. The van der Waals surface area contributed by atoms with Crippen LogP contribution in [0.15, 0.2) is 153 Å². The highest BCUT2D eigenvalue weighted by atomic mass is 32.1. The Morgan fingerprint density at radius 3 is 1.73 bits per heavy atom. The average Bonchev–Trinajstić information content (AvgIpc) is 3.56. The molecule has 2 heteroatoms. The highest BCUT2D eigenvalue weighted by Gasteiger charge is 2.16. The molecule has 1 nitrogen and oxygen atoms in total. The van der Waals surface area contributed by atoms with Crippen LogP contribution in [0.25, 0.3) is 42.4 Å². The minimum atomic E-state index is 1.07. The Morgan fingerprint density at radius 2 is 1.10 bits per heavy atom. The van der Waals surface area contributed by atoms with Gasteiger partial charge in [0.1, 0.15) is 0 Å². The average molecular weight is 696 g/mol. The molecule has 0 saturated carbocycles. The van der Waals surface area contributed by atoms with Crippen molar-refractivity contribution in [3.05, 3.63) is 175 Å². The molecule has 0 fully saturated rings. The predicted octanol–water partition coefficient (Wildman–Crippen LogP) is 15.3. The number of hydrogen-bond donors (Lipinski definition) is 0. The lowest BCUT2D eigenvalue weighted by atomic mass is 9.89. The van der Waals surface area contributed by atoms with Gasteiger partial charge in [0.2, 0.25) is 0 Å². The third-order valence-electron chi connectivity index (χ3n) is 10.3. The first-order chi connectivity index (χ1) is 25.5. The van der Waals surface area contributed by atoms with Crippen molar-refractivity contribution in [3.63, 3.8) is 0 Å². The predicted molar refractivity (Wildman–Crippen MR) is 230 cm³/mol. The van der Waals surface area contributed by atoms with E-state index in [9.17, 15) is 0 Å². The van der Waals surface area contributed by atoms with Crippen LogP contribution in [0.1, 0.15) is 60.8 Å². The van der Waals surface area contributed by atoms with E-state index in [-0.39, 0.29) is 0 Å². The fourth-order valence-corrected chi connectivity index (χ4v) is 8.70. The molecule has 0 N–H and O–H groups in total. The molecule has 0 atom stereocenters. The lowest BCUT2D eigenvalue weighted by Crippen LogP contribution is -2.09. The largest absolute Gasteiger partial charge is 0.311 e. The highest BCUT2D eigenvalue weighted by Crippen LogP contribution is 2.42. The lowest BCUT2D eigenvalue weighted by molar-refractivity contribution is 0.739. The van der Waals surface area contributed by atoms with E-state index in [1.165, 1.54) is 90.4 Å². The first kappa shape index (κ1) is 35.2. The molecule has 1 heterocycles. The minimum absolute atomic E-state index is 1.07. The van der Waals surface area contributed by atoms with E-state index in [4.69, 9.17) is 0 Å². The molecule has 1 aromatic heterocycles. The monoisotopic (exact) mass is 695 g/mol. The second kappa shape index (κ2) is 16.4. The lowest BCUT2D eigenvalue weighted by Gasteiger charge is -2.26. The second-order valence-corrected chi connectivity index (χ2v) is 15.1. The van der Waals surface area contributed by atoms with Crippen LogP contribution < -0.4 is 4.90 Å². The van der Waals surface area contributed by atoms with Crippen molar-refractivity contribution in [1.29, 1.82) is 0 Å². The number of rotatable bonds is 15. The Bertz CT molecular complexity index is 2290. The summed E-state index contributed by atoms with van der Waals surface area (Å²) in [4.78, 5) is 2.38. The normalized spacial score (nSPS) is 11.3. The van der Waals surface area contributed by atoms with Gasteiger partial charge in [-0.2, -0.15) is 0 Å². The number of hydrogen-bond acceptors (Lipinski definition) is 2. The van der Waals surface area contributed by atoms with Crippen LogP contribution in [-0.4, -0.2) is 0 Å². The summed E-state index contributed by atoms with van der Waals surface area (Å²) in [6.45, 7) is 12.3. The van der Waals surface area contributed by atoms with E-state index in [1.807, 2.05) is 23.5 Å². The summed E-state index contributed by atoms with van der Waals surface area (Å²) in [5, 5.41) is 2.66. The molecule has 0 aliphatic rings. The SMILES string of the molecule is C=CCCCCc1cc(-c2ccc(N(c3ccc(C)cc3)c3ccc(-c4cccc5c4sc4ccccc45)cc3)cc2)c(CCCCC=C)cc1C. The topological polar surface area (TPSA) is 3.24 Å². The van der Waals surface area contributed by atoms with E-state index >= 15 is 0 Å². The van der Waals surface area contributed by atoms with Gasteiger partial charge >= 0.3 is 0 Å². The molecule has 6 aromatic carbocycles.